The fourth-order valence-electron chi connectivity index (χ4n) is 3.09. The van der Waals surface area contributed by atoms with E-state index in [1.54, 1.807) is 13.8 Å². The number of thiazole rings is 1. The summed E-state index contributed by atoms with van der Waals surface area (Å²) in [6.07, 6.45) is 1.44. The van der Waals surface area contributed by atoms with Gasteiger partial charge in [-0.2, -0.15) is 0 Å². The van der Waals surface area contributed by atoms with Gasteiger partial charge in [0.2, 0.25) is 5.88 Å². The number of carboxylic acids is 1. The van der Waals surface area contributed by atoms with Crippen molar-refractivity contribution in [3.05, 3.63) is 38.4 Å². The van der Waals surface area contributed by atoms with Crippen LogP contribution in [0.4, 0.5) is 10.1 Å². The van der Waals surface area contributed by atoms with Crippen LogP contribution in [0.2, 0.25) is 0 Å². The molecule has 1 atom stereocenters. The highest BCUT2D eigenvalue weighted by Gasteiger charge is 2.31. The van der Waals surface area contributed by atoms with Crippen LogP contribution in [0.25, 0.3) is 11.6 Å². The number of esters is 1. The van der Waals surface area contributed by atoms with Crippen molar-refractivity contribution in [1.82, 2.24) is 4.57 Å². The van der Waals surface area contributed by atoms with E-state index in [4.69, 9.17) is 17.0 Å². The molecule has 29 heavy (non-hydrogen) atoms. The maximum absolute atomic E-state index is 13.8. The van der Waals surface area contributed by atoms with Crippen molar-refractivity contribution in [2.75, 3.05) is 7.11 Å². The molecular weight excluding hydrogens is 419 g/mol. The Balaban J connectivity index is 2.20. The number of hydrogen-bond acceptors (Lipinski definition) is 7. The number of methoxy groups -OCH3 is 1. The van der Waals surface area contributed by atoms with Gasteiger partial charge in [0.15, 0.2) is 9.67 Å². The molecule has 0 saturated carbocycles. The van der Waals surface area contributed by atoms with E-state index in [1.807, 2.05) is 0 Å². The molecule has 0 aliphatic carbocycles. The molecule has 2 aromatic rings. The van der Waals surface area contributed by atoms with E-state index in [-0.39, 0.29) is 31.9 Å². The Morgan fingerprint density at radius 1 is 1.38 bits per heavy atom. The van der Waals surface area contributed by atoms with Crippen molar-refractivity contribution in [2.24, 2.45) is 10.9 Å². The van der Waals surface area contributed by atoms with E-state index in [0.717, 1.165) is 15.9 Å². The van der Waals surface area contributed by atoms with Crippen LogP contribution in [0.5, 0.6) is 5.88 Å². The van der Waals surface area contributed by atoms with Crippen LogP contribution in [0, 0.1) is 15.7 Å². The fraction of sp³-hybridized carbons (Fsp3) is 0.263. The van der Waals surface area contributed by atoms with Crippen molar-refractivity contribution < 1.29 is 28.9 Å². The first kappa shape index (κ1) is 20.9. The van der Waals surface area contributed by atoms with E-state index in [2.05, 4.69) is 4.99 Å². The number of aliphatic imine (C=N–C) groups is 1. The summed E-state index contributed by atoms with van der Waals surface area (Å²) in [5, 5.41) is 20.2. The molecule has 0 radical (unpaired) electrons. The van der Waals surface area contributed by atoms with Crippen LogP contribution in [0.1, 0.15) is 30.3 Å². The van der Waals surface area contributed by atoms with Gasteiger partial charge in [0.05, 0.1) is 17.7 Å². The molecule has 1 aliphatic rings. The lowest BCUT2D eigenvalue weighted by molar-refractivity contribution is -0.142. The van der Waals surface area contributed by atoms with Gasteiger partial charge >= 0.3 is 11.9 Å². The number of nitrogens with zero attached hydrogens (tertiary/aromatic N) is 2. The lowest BCUT2D eigenvalue weighted by Gasteiger charge is -2.18. The zero-order valence-electron chi connectivity index (χ0n) is 15.7. The van der Waals surface area contributed by atoms with Crippen LogP contribution in [0.3, 0.4) is 0 Å². The van der Waals surface area contributed by atoms with Gasteiger partial charge in [-0.15, -0.1) is 11.3 Å². The average Bonchev–Trinajstić information content (AvgIpc) is 3.13. The Morgan fingerprint density at radius 3 is 2.66 bits per heavy atom. The van der Waals surface area contributed by atoms with Gasteiger partial charge in [0, 0.05) is 11.1 Å². The van der Waals surface area contributed by atoms with Crippen molar-refractivity contribution in [1.29, 1.82) is 0 Å². The number of carboxylic acid groups (broad SMARTS) is 1. The molecule has 0 bridgehead atoms. The predicted octanol–water partition coefficient (Wildman–Crippen LogP) is 4.21. The Bertz CT molecular complexity index is 1130. The van der Waals surface area contributed by atoms with Crippen molar-refractivity contribution in [3.8, 4) is 5.88 Å². The number of aromatic nitrogens is 1. The number of aromatic hydroxyl groups is 1. The SMILES string of the molecule is COC(=O)C1=Nc2ccc(F)cc2C1=Cc1sc(=S)n([C@@H](C(=O)O)C(C)C)c1O. The second-order valence-corrected chi connectivity index (χ2v) is 8.30. The Kier molecular flexibility index (Phi) is 5.67. The second kappa shape index (κ2) is 7.88. The maximum Gasteiger partial charge on any atom is 0.357 e. The van der Waals surface area contributed by atoms with Gasteiger partial charge in [-0.05, 0) is 42.4 Å². The van der Waals surface area contributed by atoms with Gasteiger partial charge in [-0.1, -0.05) is 13.8 Å². The number of hydrogen-bond donors (Lipinski definition) is 2. The molecule has 1 aromatic heterocycles. The number of carbonyl (C=O) groups excluding carboxylic acids is 1. The summed E-state index contributed by atoms with van der Waals surface area (Å²) < 4.78 is 19.9. The summed E-state index contributed by atoms with van der Waals surface area (Å²) in [5.41, 5.74) is 0.943. The molecule has 152 valence electrons. The first-order chi connectivity index (χ1) is 13.6. The zero-order valence-corrected chi connectivity index (χ0v) is 17.3. The first-order valence-corrected chi connectivity index (χ1v) is 9.74. The number of aliphatic carboxylic acids is 1. The highest BCUT2D eigenvalue weighted by atomic mass is 32.1. The average molecular weight is 436 g/mol. The topological polar surface area (TPSA) is 101 Å². The van der Waals surface area contributed by atoms with Crippen molar-refractivity contribution in [3.63, 3.8) is 0 Å². The number of benzene rings is 1. The third-order valence-electron chi connectivity index (χ3n) is 4.40. The monoisotopic (exact) mass is 436 g/mol. The summed E-state index contributed by atoms with van der Waals surface area (Å²) in [5.74, 6) is -3.05. The van der Waals surface area contributed by atoms with Crippen LogP contribution >= 0.6 is 23.6 Å². The molecule has 0 spiro atoms. The molecule has 0 unspecified atom stereocenters. The van der Waals surface area contributed by atoms with Gasteiger partial charge in [0.25, 0.3) is 0 Å². The minimum absolute atomic E-state index is 0.0444. The summed E-state index contributed by atoms with van der Waals surface area (Å²) in [4.78, 5) is 28.3. The van der Waals surface area contributed by atoms with E-state index in [1.165, 1.54) is 31.4 Å². The molecule has 1 aromatic carbocycles. The lowest BCUT2D eigenvalue weighted by atomic mass is 10.0. The molecule has 10 heteroatoms. The summed E-state index contributed by atoms with van der Waals surface area (Å²) in [6, 6.07) is 2.81. The van der Waals surface area contributed by atoms with E-state index in [0.29, 0.717) is 11.3 Å². The molecule has 0 fully saturated rings. The summed E-state index contributed by atoms with van der Waals surface area (Å²) >= 11 is 6.24. The molecule has 2 heterocycles. The normalized spacial score (nSPS) is 15.3. The Labute approximate surface area is 174 Å². The standard InChI is InChI=1S/C19H17FN2O5S2/c1-8(2)15(17(24)25)22-16(23)13(29-19(22)28)7-11-10-6-9(20)4-5-12(10)21-14(11)18(26)27-3/h4-8,15,23H,1-3H3,(H,24,25)/t15-/m1/s1. The highest BCUT2D eigenvalue weighted by molar-refractivity contribution is 7.73. The first-order valence-electron chi connectivity index (χ1n) is 8.51. The molecular formula is C19H17FN2O5S2. The van der Waals surface area contributed by atoms with Gasteiger partial charge < -0.3 is 14.9 Å². The van der Waals surface area contributed by atoms with Crippen molar-refractivity contribution in [2.45, 2.75) is 19.9 Å². The lowest BCUT2D eigenvalue weighted by Crippen LogP contribution is -2.23. The summed E-state index contributed by atoms with van der Waals surface area (Å²) in [7, 11) is 1.20. The molecule has 1 aliphatic heterocycles. The predicted molar refractivity (Wildman–Crippen MR) is 110 cm³/mol. The third kappa shape index (κ3) is 3.73. The number of fused-ring (bicyclic) bond motifs is 1. The van der Waals surface area contributed by atoms with Crippen molar-refractivity contribution >= 4 is 58.5 Å². The smallest absolute Gasteiger partial charge is 0.357 e. The molecule has 7 nitrogen and oxygen atoms in total. The van der Waals surface area contributed by atoms with Crippen LogP contribution in [-0.4, -0.2) is 39.5 Å². The second-order valence-electron chi connectivity index (χ2n) is 6.62. The number of carbonyl (C=O) groups is 2. The van der Waals surface area contributed by atoms with E-state index in [9.17, 15) is 24.2 Å². The molecule has 0 saturated heterocycles. The Hall–Kier alpha value is -2.85. The molecule has 2 N–H and O–H groups in total. The van der Waals surface area contributed by atoms with Crippen LogP contribution < -0.4 is 0 Å². The number of rotatable bonds is 5. The number of ether oxygens (including phenoxy) is 1. The van der Waals surface area contributed by atoms with Gasteiger partial charge in [-0.3, -0.25) is 4.57 Å². The van der Waals surface area contributed by atoms with E-state index >= 15 is 0 Å². The van der Waals surface area contributed by atoms with Crippen LogP contribution in [-0.2, 0) is 14.3 Å². The van der Waals surface area contributed by atoms with E-state index < -0.39 is 23.8 Å². The van der Waals surface area contributed by atoms with Gasteiger partial charge in [0.1, 0.15) is 11.9 Å². The summed E-state index contributed by atoms with van der Waals surface area (Å²) in [6.45, 7) is 3.40. The molecule has 3 rings (SSSR count). The fourth-order valence-corrected chi connectivity index (χ4v) is 4.41. The minimum Gasteiger partial charge on any atom is -0.493 e. The molecule has 0 amide bonds. The zero-order chi connectivity index (χ0) is 21.5. The van der Waals surface area contributed by atoms with Gasteiger partial charge in [-0.25, -0.2) is 19.0 Å². The minimum atomic E-state index is -1.13. The highest BCUT2D eigenvalue weighted by Crippen LogP contribution is 2.40. The largest absolute Gasteiger partial charge is 0.493 e. The van der Waals surface area contributed by atoms with Crippen LogP contribution in [0.15, 0.2) is 23.2 Å². The Morgan fingerprint density at radius 2 is 2.07 bits per heavy atom. The third-order valence-corrected chi connectivity index (χ3v) is 5.73. The maximum atomic E-state index is 13.8. The quantitative estimate of drug-likeness (QED) is 0.538. The number of halogens is 1.